The van der Waals surface area contributed by atoms with E-state index in [4.69, 9.17) is 0 Å². The number of hydrogen-bond acceptors (Lipinski definition) is 2. The summed E-state index contributed by atoms with van der Waals surface area (Å²) in [5, 5.41) is 2.00. The minimum Gasteiger partial charge on any atom is -0.328 e. The standard InChI is InChI=1S/C31H53N2O2S/c1-4-5-6-7-8-9-10-11-12-13-14-15-16-19-26-33(2,3)27-20-25-32-36(34,35)31-24-23-29-21-17-18-22-30(29)28-31/h17-18,21-24,28,32H,4-16,19-20,25-27H2,1-3H3/q+1. The zero-order valence-corrected chi connectivity index (χ0v) is 24.3. The lowest BCUT2D eigenvalue weighted by Crippen LogP contribution is -2.42. The van der Waals surface area contributed by atoms with Gasteiger partial charge in [0.2, 0.25) is 10.0 Å². The van der Waals surface area contributed by atoms with E-state index in [1.165, 1.54) is 89.9 Å². The van der Waals surface area contributed by atoms with E-state index in [-0.39, 0.29) is 0 Å². The van der Waals surface area contributed by atoms with Gasteiger partial charge in [-0.15, -0.1) is 0 Å². The van der Waals surface area contributed by atoms with Gasteiger partial charge in [-0.25, -0.2) is 13.1 Å². The van der Waals surface area contributed by atoms with E-state index in [0.717, 1.165) is 34.8 Å². The maximum absolute atomic E-state index is 12.7. The van der Waals surface area contributed by atoms with Crippen LogP contribution in [0.2, 0.25) is 0 Å². The molecule has 0 aliphatic rings. The zero-order valence-electron chi connectivity index (χ0n) is 23.4. The van der Waals surface area contributed by atoms with Gasteiger partial charge in [-0.3, -0.25) is 0 Å². The second-order valence-corrected chi connectivity index (χ2v) is 13.0. The minimum absolute atomic E-state index is 0.345. The molecule has 0 bridgehead atoms. The van der Waals surface area contributed by atoms with E-state index in [1.807, 2.05) is 30.3 Å². The molecule has 0 spiro atoms. The summed E-state index contributed by atoms with van der Waals surface area (Å²) in [6.07, 6.45) is 20.3. The molecule has 4 nitrogen and oxygen atoms in total. The summed E-state index contributed by atoms with van der Waals surface area (Å²) in [6, 6.07) is 13.2. The van der Waals surface area contributed by atoms with Crippen LogP contribution in [-0.4, -0.2) is 46.6 Å². The Kier molecular flexibility index (Phi) is 14.7. The van der Waals surface area contributed by atoms with E-state index in [1.54, 1.807) is 12.1 Å². The molecule has 36 heavy (non-hydrogen) atoms. The maximum Gasteiger partial charge on any atom is 0.240 e. The van der Waals surface area contributed by atoms with Crippen LogP contribution < -0.4 is 4.72 Å². The van der Waals surface area contributed by atoms with Gasteiger partial charge in [-0.05, 0) is 35.7 Å². The van der Waals surface area contributed by atoms with Crippen LogP contribution in [0.5, 0.6) is 0 Å². The Bertz CT molecular complexity index is 956. The number of rotatable bonds is 21. The van der Waals surface area contributed by atoms with Gasteiger partial charge in [-0.1, -0.05) is 114 Å². The molecule has 5 heteroatoms. The van der Waals surface area contributed by atoms with Crippen LogP contribution in [0.1, 0.15) is 103 Å². The molecule has 0 aliphatic carbocycles. The Hall–Kier alpha value is -1.43. The minimum atomic E-state index is -3.47. The SMILES string of the molecule is CCCCCCCCCCCCCCCC[N+](C)(C)CCCNS(=O)(=O)c1ccc2ccccc2c1. The van der Waals surface area contributed by atoms with Crippen molar-refractivity contribution in [3.8, 4) is 0 Å². The largest absolute Gasteiger partial charge is 0.328 e. The summed E-state index contributed by atoms with van der Waals surface area (Å²) in [7, 11) is 1.06. The van der Waals surface area contributed by atoms with Crippen molar-refractivity contribution in [1.82, 2.24) is 4.72 Å². The molecule has 204 valence electrons. The summed E-state index contributed by atoms with van der Waals surface area (Å²) in [6.45, 7) is 4.91. The zero-order chi connectivity index (χ0) is 26.1. The van der Waals surface area contributed by atoms with Crippen molar-refractivity contribution < 1.29 is 12.9 Å². The van der Waals surface area contributed by atoms with Crippen molar-refractivity contribution in [2.24, 2.45) is 0 Å². The molecule has 0 aromatic heterocycles. The quantitative estimate of drug-likeness (QED) is 0.134. The number of unbranched alkanes of at least 4 members (excludes halogenated alkanes) is 13. The van der Waals surface area contributed by atoms with Crippen molar-refractivity contribution in [3.63, 3.8) is 0 Å². The monoisotopic (exact) mass is 517 g/mol. The highest BCUT2D eigenvalue weighted by Crippen LogP contribution is 2.19. The molecular weight excluding hydrogens is 464 g/mol. The van der Waals surface area contributed by atoms with Crippen LogP contribution in [-0.2, 0) is 10.0 Å². The van der Waals surface area contributed by atoms with Gasteiger partial charge in [-0.2, -0.15) is 0 Å². The summed E-state index contributed by atoms with van der Waals surface area (Å²) in [4.78, 5) is 0.345. The summed E-state index contributed by atoms with van der Waals surface area (Å²) in [5.41, 5.74) is 0. The van der Waals surface area contributed by atoms with Crippen LogP contribution in [0.25, 0.3) is 10.8 Å². The van der Waals surface area contributed by atoms with Crippen molar-refractivity contribution in [2.75, 3.05) is 33.7 Å². The Morgan fingerprint density at radius 1 is 0.639 bits per heavy atom. The predicted molar refractivity (Wildman–Crippen MR) is 156 cm³/mol. The molecule has 0 radical (unpaired) electrons. The van der Waals surface area contributed by atoms with Crippen LogP contribution >= 0.6 is 0 Å². The molecule has 2 aromatic carbocycles. The van der Waals surface area contributed by atoms with Crippen LogP contribution in [0.4, 0.5) is 0 Å². The van der Waals surface area contributed by atoms with Gasteiger partial charge >= 0.3 is 0 Å². The number of benzene rings is 2. The fourth-order valence-corrected chi connectivity index (χ4v) is 6.09. The third-order valence-corrected chi connectivity index (χ3v) is 8.84. The molecule has 0 unspecified atom stereocenters. The van der Waals surface area contributed by atoms with Gasteiger partial charge in [0.25, 0.3) is 0 Å². The van der Waals surface area contributed by atoms with Gasteiger partial charge in [0.1, 0.15) is 0 Å². The molecule has 0 heterocycles. The molecule has 0 saturated heterocycles. The number of nitrogens with one attached hydrogen (secondary N) is 1. The number of quaternary nitrogens is 1. The van der Waals surface area contributed by atoms with Gasteiger partial charge in [0.15, 0.2) is 0 Å². The van der Waals surface area contributed by atoms with Crippen molar-refractivity contribution >= 4 is 20.8 Å². The van der Waals surface area contributed by atoms with E-state index in [2.05, 4.69) is 25.7 Å². The Labute approximate surface area is 222 Å². The Morgan fingerprint density at radius 3 is 1.72 bits per heavy atom. The molecule has 2 aromatic rings. The number of fused-ring (bicyclic) bond motifs is 1. The molecule has 0 atom stereocenters. The molecular formula is C31H53N2O2S+. The highest BCUT2D eigenvalue weighted by atomic mass is 32.2. The lowest BCUT2D eigenvalue weighted by molar-refractivity contribution is -0.890. The average Bonchev–Trinajstić information content (AvgIpc) is 2.86. The summed E-state index contributed by atoms with van der Waals surface area (Å²) < 4.78 is 29.2. The normalized spacial score (nSPS) is 12.4. The molecule has 0 fully saturated rings. The average molecular weight is 518 g/mol. The highest BCUT2D eigenvalue weighted by molar-refractivity contribution is 7.89. The molecule has 0 saturated carbocycles. The lowest BCUT2D eigenvalue weighted by atomic mass is 10.0. The number of hydrogen-bond donors (Lipinski definition) is 1. The van der Waals surface area contributed by atoms with E-state index in [0.29, 0.717) is 11.4 Å². The second-order valence-electron chi connectivity index (χ2n) is 11.2. The fraction of sp³-hybridized carbons (Fsp3) is 0.677. The summed E-state index contributed by atoms with van der Waals surface area (Å²) >= 11 is 0. The highest BCUT2D eigenvalue weighted by Gasteiger charge is 2.17. The predicted octanol–water partition coefficient (Wildman–Crippen LogP) is 8.07. The fourth-order valence-electron chi connectivity index (χ4n) is 4.98. The van der Waals surface area contributed by atoms with E-state index in [9.17, 15) is 8.42 Å². The first-order chi connectivity index (χ1) is 17.3. The van der Waals surface area contributed by atoms with Crippen LogP contribution in [0.15, 0.2) is 47.4 Å². The van der Waals surface area contributed by atoms with E-state index < -0.39 is 10.0 Å². The number of sulfonamides is 1. The Morgan fingerprint density at radius 2 is 1.14 bits per heavy atom. The molecule has 0 aliphatic heterocycles. The van der Waals surface area contributed by atoms with E-state index >= 15 is 0 Å². The second kappa shape index (κ2) is 17.1. The van der Waals surface area contributed by atoms with Gasteiger partial charge in [0, 0.05) is 13.0 Å². The first-order valence-corrected chi connectivity index (χ1v) is 16.1. The van der Waals surface area contributed by atoms with Gasteiger partial charge < -0.3 is 4.48 Å². The first-order valence-electron chi connectivity index (χ1n) is 14.6. The first kappa shape index (κ1) is 30.8. The lowest BCUT2D eigenvalue weighted by Gasteiger charge is -2.30. The van der Waals surface area contributed by atoms with Crippen molar-refractivity contribution in [1.29, 1.82) is 0 Å². The third kappa shape index (κ3) is 12.7. The third-order valence-electron chi connectivity index (χ3n) is 7.38. The molecule has 0 amide bonds. The van der Waals surface area contributed by atoms with Crippen molar-refractivity contribution in [2.45, 2.75) is 108 Å². The Balaban J connectivity index is 1.49. The number of nitrogens with zero attached hydrogens (tertiary/aromatic N) is 1. The van der Waals surface area contributed by atoms with Crippen molar-refractivity contribution in [3.05, 3.63) is 42.5 Å². The molecule has 1 N–H and O–H groups in total. The van der Waals surface area contributed by atoms with Crippen LogP contribution in [0.3, 0.4) is 0 Å². The topological polar surface area (TPSA) is 46.2 Å². The smallest absolute Gasteiger partial charge is 0.240 e. The molecule has 2 rings (SSSR count). The van der Waals surface area contributed by atoms with Crippen LogP contribution in [0, 0.1) is 0 Å². The van der Waals surface area contributed by atoms with Gasteiger partial charge in [0.05, 0.1) is 32.1 Å². The maximum atomic E-state index is 12.7. The summed E-state index contributed by atoms with van der Waals surface area (Å²) in [5.74, 6) is 0.